The minimum absolute atomic E-state index is 0.685. The molecule has 0 N–H and O–H groups in total. The third-order valence-corrected chi connectivity index (χ3v) is 12.3. The van der Waals surface area contributed by atoms with Crippen molar-refractivity contribution in [2.45, 2.75) is 0 Å². The van der Waals surface area contributed by atoms with Gasteiger partial charge in [0.15, 0.2) is 5.82 Å². The van der Waals surface area contributed by atoms with Gasteiger partial charge in [-0.05, 0) is 51.6 Å². The minimum Gasteiger partial charge on any atom is -0.247 e. The maximum Gasteiger partial charge on any atom is 0.160 e. The van der Waals surface area contributed by atoms with Crippen LogP contribution in [0, 0.1) is 0 Å². The molecule has 0 aliphatic rings. The van der Waals surface area contributed by atoms with E-state index in [4.69, 9.17) is 15.0 Å². The molecule has 4 heteroatoms. The largest absolute Gasteiger partial charge is 0.247 e. The van der Waals surface area contributed by atoms with Gasteiger partial charge < -0.3 is 0 Å². The van der Waals surface area contributed by atoms with Gasteiger partial charge in [-0.2, -0.15) is 0 Å². The molecule has 276 valence electrons. The Labute approximate surface area is 346 Å². The van der Waals surface area contributed by atoms with Gasteiger partial charge in [-0.3, -0.25) is 0 Å². The standard InChI is InChI=1S/C55H35N3S/c1-4-13-36(14-5-1)38-23-27-41(28-24-38)48-35-49(58-55(57-48)44-33-25-39(26-34-44)37-15-6-2-7-16-37)42-29-31-43(32-30-42)53-52-46-19-10-11-22-50(46)59-54(52)51-45(20-12-21-47(51)56-53)40-17-8-3-9-18-40/h1-35H. The van der Waals surface area contributed by atoms with Gasteiger partial charge in [0.05, 0.1) is 22.6 Å². The Hall–Kier alpha value is -7.53. The van der Waals surface area contributed by atoms with Crippen LogP contribution < -0.4 is 0 Å². The van der Waals surface area contributed by atoms with Crippen LogP contribution in [0.2, 0.25) is 0 Å². The first-order chi connectivity index (χ1) is 29.2. The summed E-state index contributed by atoms with van der Waals surface area (Å²) in [5.41, 5.74) is 14.9. The summed E-state index contributed by atoms with van der Waals surface area (Å²) in [6.45, 7) is 0. The predicted octanol–water partition coefficient (Wildman–Crippen LogP) is 15.1. The van der Waals surface area contributed by atoms with Crippen LogP contribution in [0.25, 0.3) is 110 Å². The highest BCUT2D eigenvalue weighted by Crippen LogP contribution is 2.45. The molecule has 0 spiro atoms. The van der Waals surface area contributed by atoms with Crippen LogP contribution in [0.4, 0.5) is 0 Å². The molecule has 0 unspecified atom stereocenters. The number of thiophene rings is 1. The molecule has 3 heterocycles. The van der Waals surface area contributed by atoms with E-state index < -0.39 is 0 Å². The molecule has 8 aromatic carbocycles. The number of nitrogens with zero attached hydrogens (tertiary/aromatic N) is 3. The van der Waals surface area contributed by atoms with Crippen LogP contribution in [-0.4, -0.2) is 15.0 Å². The Kier molecular flexibility index (Phi) is 8.68. The maximum atomic E-state index is 5.43. The minimum atomic E-state index is 0.685. The molecule has 11 rings (SSSR count). The Morgan fingerprint density at radius 2 is 0.797 bits per heavy atom. The fraction of sp³-hybridized carbons (Fsp3) is 0. The quantitative estimate of drug-likeness (QED) is 0.162. The van der Waals surface area contributed by atoms with Gasteiger partial charge in [-0.25, -0.2) is 15.0 Å². The van der Waals surface area contributed by atoms with E-state index in [0.717, 1.165) is 50.4 Å². The lowest BCUT2D eigenvalue weighted by Gasteiger charge is -2.13. The first-order valence-electron chi connectivity index (χ1n) is 19.8. The number of hydrogen-bond acceptors (Lipinski definition) is 4. The van der Waals surface area contributed by atoms with Gasteiger partial charge in [0, 0.05) is 47.8 Å². The lowest BCUT2D eigenvalue weighted by molar-refractivity contribution is 1.18. The molecular weight excluding hydrogens is 735 g/mol. The number of fused-ring (bicyclic) bond motifs is 5. The first kappa shape index (κ1) is 34.7. The zero-order chi connectivity index (χ0) is 39.1. The van der Waals surface area contributed by atoms with Crippen molar-refractivity contribution in [2.75, 3.05) is 0 Å². The van der Waals surface area contributed by atoms with Crippen LogP contribution in [0.15, 0.2) is 212 Å². The number of pyridine rings is 1. The van der Waals surface area contributed by atoms with Gasteiger partial charge in [-0.15, -0.1) is 11.3 Å². The van der Waals surface area contributed by atoms with Crippen molar-refractivity contribution in [3.8, 4) is 78.5 Å². The number of rotatable bonds is 7. The predicted molar refractivity (Wildman–Crippen MR) is 248 cm³/mol. The van der Waals surface area contributed by atoms with E-state index >= 15 is 0 Å². The first-order valence-corrected chi connectivity index (χ1v) is 20.7. The highest BCUT2D eigenvalue weighted by atomic mass is 32.1. The van der Waals surface area contributed by atoms with Gasteiger partial charge in [0.1, 0.15) is 0 Å². The normalized spacial score (nSPS) is 11.4. The molecule has 3 nitrogen and oxygen atoms in total. The summed E-state index contributed by atoms with van der Waals surface area (Å²) in [7, 11) is 0. The number of aromatic nitrogens is 3. The molecular formula is C55H35N3S. The molecule has 0 aliphatic carbocycles. The average Bonchev–Trinajstić information content (AvgIpc) is 3.72. The summed E-state index contributed by atoms with van der Waals surface area (Å²) in [6.07, 6.45) is 0. The third kappa shape index (κ3) is 6.46. The maximum absolute atomic E-state index is 5.43. The van der Waals surface area contributed by atoms with Crippen molar-refractivity contribution in [3.63, 3.8) is 0 Å². The third-order valence-electron chi connectivity index (χ3n) is 11.1. The molecule has 0 aliphatic heterocycles. The monoisotopic (exact) mass is 769 g/mol. The van der Waals surface area contributed by atoms with E-state index in [2.05, 4.69) is 200 Å². The second-order valence-electron chi connectivity index (χ2n) is 14.8. The molecule has 59 heavy (non-hydrogen) atoms. The lowest BCUT2D eigenvalue weighted by atomic mass is 9.96. The molecule has 0 radical (unpaired) electrons. The van der Waals surface area contributed by atoms with Crippen LogP contribution in [0.3, 0.4) is 0 Å². The number of benzene rings is 8. The topological polar surface area (TPSA) is 38.7 Å². The van der Waals surface area contributed by atoms with Crippen molar-refractivity contribution in [3.05, 3.63) is 212 Å². The smallest absolute Gasteiger partial charge is 0.160 e. The van der Waals surface area contributed by atoms with Gasteiger partial charge in [0.25, 0.3) is 0 Å². The van der Waals surface area contributed by atoms with Crippen molar-refractivity contribution in [1.82, 2.24) is 15.0 Å². The molecule has 3 aromatic heterocycles. The molecule has 0 amide bonds. The summed E-state index contributed by atoms with van der Waals surface area (Å²) in [4.78, 5) is 15.8. The van der Waals surface area contributed by atoms with E-state index in [1.54, 1.807) is 0 Å². The zero-order valence-corrected chi connectivity index (χ0v) is 32.8. The molecule has 0 saturated carbocycles. The van der Waals surface area contributed by atoms with Crippen LogP contribution in [0.5, 0.6) is 0 Å². The fourth-order valence-corrected chi connectivity index (χ4v) is 9.42. The molecule has 11 aromatic rings. The van der Waals surface area contributed by atoms with Crippen LogP contribution in [0.1, 0.15) is 0 Å². The van der Waals surface area contributed by atoms with Crippen molar-refractivity contribution >= 4 is 42.4 Å². The zero-order valence-electron chi connectivity index (χ0n) is 32.0. The molecule has 0 fully saturated rings. The summed E-state index contributed by atoms with van der Waals surface area (Å²) in [5, 5.41) is 3.62. The van der Waals surface area contributed by atoms with E-state index in [1.807, 2.05) is 23.5 Å². The number of hydrogen-bond donors (Lipinski definition) is 0. The molecule has 0 saturated heterocycles. The van der Waals surface area contributed by atoms with Crippen molar-refractivity contribution in [2.24, 2.45) is 0 Å². The van der Waals surface area contributed by atoms with Gasteiger partial charge >= 0.3 is 0 Å². The molecule has 0 atom stereocenters. The molecule has 0 bridgehead atoms. The Morgan fingerprint density at radius 1 is 0.322 bits per heavy atom. The Balaban J connectivity index is 1.03. The van der Waals surface area contributed by atoms with E-state index in [1.165, 1.54) is 53.4 Å². The van der Waals surface area contributed by atoms with E-state index in [-0.39, 0.29) is 0 Å². The highest BCUT2D eigenvalue weighted by molar-refractivity contribution is 7.26. The second-order valence-corrected chi connectivity index (χ2v) is 15.8. The van der Waals surface area contributed by atoms with E-state index in [9.17, 15) is 0 Å². The Bertz CT molecular complexity index is 3170. The van der Waals surface area contributed by atoms with Crippen LogP contribution >= 0.6 is 11.3 Å². The summed E-state index contributed by atoms with van der Waals surface area (Å²) >= 11 is 1.85. The Morgan fingerprint density at radius 3 is 1.39 bits per heavy atom. The van der Waals surface area contributed by atoms with E-state index in [0.29, 0.717) is 5.82 Å². The summed E-state index contributed by atoms with van der Waals surface area (Å²) in [6, 6.07) is 74.8. The van der Waals surface area contributed by atoms with Crippen molar-refractivity contribution in [1.29, 1.82) is 0 Å². The lowest BCUT2D eigenvalue weighted by Crippen LogP contribution is -1.96. The summed E-state index contributed by atoms with van der Waals surface area (Å²) < 4.78 is 2.52. The van der Waals surface area contributed by atoms with Crippen LogP contribution in [-0.2, 0) is 0 Å². The second kappa shape index (κ2) is 14.8. The van der Waals surface area contributed by atoms with Gasteiger partial charge in [-0.1, -0.05) is 194 Å². The average molecular weight is 770 g/mol. The SMILES string of the molecule is c1ccc(-c2ccc(-c3cc(-c4ccc(-c5nc6cccc(-c7ccccc7)c6c6sc7ccccc7c56)cc4)nc(-c4ccc(-c5ccccc5)cc4)n3)cc2)cc1. The highest BCUT2D eigenvalue weighted by Gasteiger charge is 2.19. The fourth-order valence-electron chi connectivity index (χ4n) is 8.15. The summed E-state index contributed by atoms with van der Waals surface area (Å²) in [5.74, 6) is 0.685. The van der Waals surface area contributed by atoms with Gasteiger partial charge in [0.2, 0.25) is 0 Å². The van der Waals surface area contributed by atoms with Crippen molar-refractivity contribution < 1.29 is 0 Å².